The number of benzene rings is 2. The molecule has 1 aromatic heterocycles. The third kappa shape index (κ3) is 4.54. The summed E-state index contributed by atoms with van der Waals surface area (Å²) in [5, 5.41) is 5.87. The summed E-state index contributed by atoms with van der Waals surface area (Å²) in [5.74, 6) is -0.333. The Hall–Kier alpha value is -2.61. The number of aromatic nitrogens is 1. The Labute approximate surface area is 184 Å². The molecule has 5 nitrogen and oxygen atoms in total. The van der Waals surface area contributed by atoms with Crippen LogP contribution in [-0.2, 0) is 11.3 Å². The predicted octanol–water partition coefficient (Wildman–Crippen LogP) is 4.11. The first-order chi connectivity index (χ1) is 15.2. The van der Waals surface area contributed by atoms with Gasteiger partial charge >= 0.3 is 0 Å². The van der Waals surface area contributed by atoms with Gasteiger partial charge in [-0.3, -0.25) is 9.69 Å². The molecule has 2 aromatic carbocycles. The number of amides is 1. The van der Waals surface area contributed by atoms with Gasteiger partial charge in [-0.2, -0.15) is 0 Å². The number of halogens is 1. The number of ether oxygens (including phenoxy) is 1. The molecule has 3 aromatic rings. The second-order valence-electron chi connectivity index (χ2n) is 8.19. The summed E-state index contributed by atoms with van der Waals surface area (Å²) >= 11 is 1.49. The summed E-state index contributed by atoms with van der Waals surface area (Å²) in [4.78, 5) is 19.8. The van der Waals surface area contributed by atoms with Crippen LogP contribution in [0.1, 0.15) is 28.9 Å². The maximum Gasteiger partial charge on any atom is 0.270 e. The van der Waals surface area contributed by atoms with Crippen LogP contribution in [0.4, 0.5) is 4.39 Å². The Morgan fingerprint density at radius 1 is 1.10 bits per heavy atom. The average molecular weight is 438 g/mol. The number of hydrogen-bond donors (Lipinski definition) is 1. The first kappa shape index (κ1) is 20.3. The number of piperidine rings is 1. The highest BCUT2D eigenvalue weighted by Crippen LogP contribution is 2.30. The SMILES string of the molecule is O=C(NC1C[C@H]2COC[C@@H](C1)N2Cc1ccc(F)cc1)c1csc(-c2ccccc2)n1. The molecule has 1 amide bonds. The van der Waals surface area contributed by atoms with Crippen molar-refractivity contribution in [3.63, 3.8) is 0 Å². The molecule has 0 spiro atoms. The van der Waals surface area contributed by atoms with Crippen LogP contribution in [0.25, 0.3) is 10.6 Å². The van der Waals surface area contributed by atoms with Gasteiger partial charge in [0.15, 0.2) is 0 Å². The number of hydrogen-bond acceptors (Lipinski definition) is 5. The zero-order valence-electron chi connectivity index (χ0n) is 17.0. The second kappa shape index (κ2) is 8.86. The van der Waals surface area contributed by atoms with Crippen molar-refractivity contribution in [3.05, 3.63) is 77.1 Å². The third-order valence-electron chi connectivity index (χ3n) is 6.04. The monoisotopic (exact) mass is 437 g/mol. The molecule has 7 heteroatoms. The minimum Gasteiger partial charge on any atom is -0.378 e. The van der Waals surface area contributed by atoms with Gasteiger partial charge in [0.1, 0.15) is 16.5 Å². The van der Waals surface area contributed by atoms with Gasteiger partial charge in [0.25, 0.3) is 5.91 Å². The molecule has 2 fully saturated rings. The van der Waals surface area contributed by atoms with Gasteiger partial charge in [-0.1, -0.05) is 42.5 Å². The first-order valence-electron chi connectivity index (χ1n) is 10.6. The summed E-state index contributed by atoms with van der Waals surface area (Å²) in [6, 6.07) is 17.2. The summed E-state index contributed by atoms with van der Waals surface area (Å²) in [5.41, 5.74) is 2.59. The van der Waals surface area contributed by atoms with Crippen LogP contribution < -0.4 is 5.32 Å². The second-order valence-corrected chi connectivity index (χ2v) is 9.05. The smallest absolute Gasteiger partial charge is 0.270 e. The van der Waals surface area contributed by atoms with E-state index < -0.39 is 0 Å². The molecule has 2 aliphatic rings. The minimum atomic E-state index is -0.217. The number of morpholine rings is 1. The lowest BCUT2D eigenvalue weighted by atomic mass is 9.89. The number of nitrogens with zero attached hydrogens (tertiary/aromatic N) is 2. The van der Waals surface area contributed by atoms with Gasteiger partial charge in [0, 0.05) is 35.6 Å². The van der Waals surface area contributed by atoms with Gasteiger partial charge in [-0.25, -0.2) is 9.37 Å². The largest absolute Gasteiger partial charge is 0.378 e. The molecule has 0 aliphatic carbocycles. The number of nitrogens with one attached hydrogen (secondary N) is 1. The molecule has 3 heterocycles. The summed E-state index contributed by atoms with van der Waals surface area (Å²) in [7, 11) is 0. The molecule has 0 radical (unpaired) electrons. The number of thiazole rings is 1. The quantitative estimate of drug-likeness (QED) is 0.653. The van der Waals surface area contributed by atoms with Crippen LogP contribution in [0.2, 0.25) is 0 Å². The molecule has 1 unspecified atom stereocenters. The number of rotatable bonds is 5. The fourth-order valence-electron chi connectivity index (χ4n) is 4.52. The van der Waals surface area contributed by atoms with Crippen molar-refractivity contribution < 1.29 is 13.9 Å². The average Bonchev–Trinajstić information content (AvgIpc) is 3.27. The highest BCUT2D eigenvalue weighted by molar-refractivity contribution is 7.13. The molecule has 31 heavy (non-hydrogen) atoms. The van der Waals surface area contributed by atoms with Crippen molar-refractivity contribution in [1.82, 2.24) is 15.2 Å². The van der Waals surface area contributed by atoms with Gasteiger partial charge in [-0.05, 0) is 30.5 Å². The lowest BCUT2D eigenvalue weighted by molar-refractivity contribution is -0.0843. The van der Waals surface area contributed by atoms with Crippen LogP contribution >= 0.6 is 11.3 Å². The van der Waals surface area contributed by atoms with Crippen molar-refractivity contribution in [2.75, 3.05) is 13.2 Å². The molecular weight excluding hydrogens is 413 g/mol. The molecular formula is C24H24FN3O2S. The zero-order valence-corrected chi connectivity index (χ0v) is 17.9. The van der Waals surface area contributed by atoms with Crippen molar-refractivity contribution in [1.29, 1.82) is 0 Å². The summed E-state index contributed by atoms with van der Waals surface area (Å²) in [6.07, 6.45) is 1.66. The maximum atomic E-state index is 13.2. The Bertz CT molecular complexity index is 1030. The summed E-state index contributed by atoms with van der Waals surface area (Å²) in [6.45, 7) is 2.07. The topological polar surface area (TPSA) is 54.5 Å². The van der Waals surface area contributed by atoms with Crippen LogP contribution in [0.15, 0.2) is 60.0 Å². The van der Waals surface area contributed by atoms with Crippen molar-refractivity contribution >= 4 is 17.2 Å². The normalized spacial score (nSPS) is 23.5. The lowest BCUT2D eigenvalue weighted by Gasteiger charge is -2.48. The molecule has 2 aliphatic heterocycles. The Morgan fingerprint density at radius 3 is 2.52 bits per heavy atom. The van der Waals surface area contributed by atoms with Gasteiger partial charge in [-0.15, -0.1) is 11.3 Å². The highest BCUT2D eigenvalue weighted by Gasteiger charge is 2.39. The Kier molecular flexibility index (Phi) is 5.80. The van der Waals surface area contributed by atoms with Crippen LogP contribution in [-0.4, -0.2) is 47.1 Å². The molecule has 3 atom stereocenters. The van der Waals surface area contributed by atoms with Gasteiger partial charge in [0.2, 0.25) is 0 Å². The van der Waals surface area contributed by atoms with Crippen molar-refractivity contribution in [2.45, 2.75) is 37.5 Å². The van der Waals surface area contributed by atoms with Crippen LogP contribution in [0.5, 0.6) is 0 Å². The Balaban J connectivity index is 1.23. The van der Waals surface area contributed by atoms with E-state index in [1.807, 2.05) is 47.8 Å². The number of fused-ring (bicyclic) bond motifs is 2. The molecule has 2 bridgehead atoms. The van der Waals surface area contributed by atoms with E-state index in [4.69, 9.17) is 4.74 Å². The van der Waals surface area contributed by atoms with E-state index >= 15 is 0 Å². The van der Waals surface area contributed by atoms with E-state index in [1.54, 1.807) is 0 Å². The third-order valence-corrected chi connectivity index (χ3v) is 6.93. The maximum absolute atomic E-state index is 13.2. The van der Waals surface area contributed by atoms with E-state index in [0.717, 1.165) is 35.5 Å². The first-order valence-corrected chi connectivity index (χ1v) is 11.4. The van der Waals surface area contributed by atoms with E-state index in [0.29, 0.717) is 18.9 Å². The standard InChI is InChI=1S/C24H24FN3O2S/c25-18-8-6-16(7-9-18)12-28-20-10-19(11-21(28)14-30-13-20)26-23(29)22-15-31-24(27-22)17-4-2-1-3-5-17/h1-9,15,19-21H,10-14H2,(H,26,29)/t19?,20-,21+. The minimum absolute atomic E-state index is 0.0951. The van der Waals surface area contributed by atoms with E-state index in [2.05, 4.69) is 15.2 Å². The van der Waals surface area contributed by atoms with E-state index in [-0.39, 0.29) is 29.8 Å². The number of carbonyl (C=O) groups excluding carboxylic acids is 1. The van der Waals surface area contributed by atoms with Crippen LogP contribution in [0, 0.1) is 5.82 Å². The van der Waals surface area contributed by atoms with Crippen LogP contribution in [0.3, 0.4) is 0 Å². The summed E-state index contributed by atoms with van der Waals surface area (Å²) < 4.78 is 19.0. The molecule has 2 saturated heterocycles. The lowest BCUT2D eigenvalue weighted by Crippen LogP contribution is -2.60. The molecule has 1 N–H and O–H groups in total. The zero-order chi connectivity index (χ0) is 21.2. The van der Waals surface area contributed by atoms with E-state index in [9.17, 15) is 9.18 Å². The number of carbonyl (C=O) groups is 1. The van der Waals surface area contributed by atoms with E-state index in [1.165, 1.54) is 23.5 Å². The molecule has 160 valence electrons. The van der Waals surface area contributed by atoms with Crippen molar-refractivity contribution in [3.8, 4) is 10.6 Å². The fraction of sp³-hybridized carbons (Fsp3) is 0.333. The Morgan fingerprint density at radius 2 is 1.81 bits per heavy atom. The fourth-order valence-corrected chi connectivity index (χ4v) is 5.32. The van der Waals surface area contributed by atoms with Gasteiger partial charge < -0.3 is 10.1 Å². The van der Waals surface area contributed by atoms with Crippen molar-refractivity contribution in [2.24, 2.45) is 0 Å². The highest BCUT2D eigenvalue weighted by atomic mass is 32.1. The predicted molar refractivity (Wildman–Crippen MR) is 118 cm³/mol. The molecule has 5 rings (SSSR count). The molecule has 0 saturated carbocycles. The van der Waals surface area contributed by atoms with Gasteiger partial charge in [0.05, 0.1) is 13.2 Å².